The number of amides is 1. The minimum atomic E-state index is -0.364. The number of nitrogens with one attached hydrogen (secondary N) is 3. The molecule has 0 spiro atoms. The number of aromatic nitrogens is 1. The number of carbonyl (C=O) groups excluding carboxylic acids is 1. The van der Waals surface area contributed by atoms with Gasteiger partial charge in [0.2, 0.25) is 5.91 Å². The number of H-pyrrole nitrogens is 1. The van der Waals surface area contributed by atoms with E-state index in [1.54, 1.807) is 60.8 Å². The molecule has 172 valence electrons. The number of halogens is 1. The first-order valence-electron chi connectivity index (χ1n) is 10.8. The fourth-order valence-corrected chi connectivity index (χ4v) is 3.43. The predicted octanol–water partition coefficient (Wildman–Crippen LogP) is 4.42. The number of benzene rings is 3. The van der Waals surface area contributed by atoms with E-state index >= 15 is 0 Å². The van der Waals surface area contributed by atoms with E-state index in [2.05, 4.69) is 26.7 Å². The van der Waals surface area contributed by atoms with Gasteiger partial charge in [-0.1, -0.05) is 36.4 Å². The van der Waals surface area contributed by atoms with Gasteiger partial charge in [-0.3, -0.25) is 4.79 Å². The van der Waals surface area contributed by atoms with Gasteiger partial charge in [0.15, 0.2) is 0 Å². The third-order valence-corrected chi connectivity index (χ3v) is 5.10. The average molecular weight is 466 g/mol. The number of guanidine groups is 1. The molecule has 3 aromatic carbocycles. The number of anilines is 2. The number of nitriles is 1. The van der Waals surface area contributed by atoms with Crippen LogP contribution in [0.5, 0.6) is 0 Å². The van der Waals surface area contributed by atoms with Crippen LogP contribution in [0.1, 0.15) is 11.1 Å². The maximum atomic E-state index is 13.3. The van der Waals surface area contributed by atoms with Crippen molar-refractivity contribution in [3.63, 3.8) is 0 Å². The van der Waals surface area contributed by atoms with E-state index in [1.807, 2.05) is 18.2 Å². The highest BCUT2D eigenvalue weighted by atomic mass is 19.1. The first-order valence-corrected chi connectivity index (χ1v) is 10.8. The van der Waals surface area contributed by atoms with Crippen molar-refractivity contribution in [1.29, 1.82) is 5.26 Å². The molecule has 0 saturated heterocycles. The fraction of sp³-hybridized carbons (Fsp3) is 0.0370. The van der Waals surface area contributed by atoms with Crippen molar-refractivity contribution in [3.05, 3.63) is 108 Å². The standard InChI is InChI=1S/C27H21FN6O/c28-22-6-3-4-18(14-22)15-26(35)32-23-11-8-19(9-12-23)21-10-13-25(31-17-21)34-27(30)33-24-7-2-1-5-20(24)16-29/h1-14,17H,15H2,(H,32,35)(H3,30,31,33,34)/p+1. The molecule has 0 saturated carbocycles. The van der Waals surface area contributed by atoms with E-state index in [4.69, 9.17) is 5.73 Å². The Morgan fingerprint density at radius 2 is 1.74 bits per heavy atom. The third kappa shape index (κ3) is 6.27. The van der Waals surface area contributed by atoms with Gasteiger partial charge < -0.3 is 16.4 Å². The monoisotopic (exact) mass is 465 g/mol. The number of aliphatic imine (C=N–C) groups is 1. The summed E-state index contributed by atoms with van der Waals surface area (Å²) in [6.45, 7) is 0. The molecule has 0 aliphatic rings. The Labute approximate surface area is 201 Å². The number of hydrogen-bond donors (Lipinski definition) is 3. The van der Waals surface area contributed by atoms with Crippen LogP contribution in [0.25, 0.3) is 11.1 Å². The molecule has 4 aromatic rings. The predicted molar refractivity (Wildman–Crippen MR) is 133 cm³/mol. The Morgan fingerprint density at radius 3 is 2.46 bits per heavy atom. The molecule has 7 nitrogen and oxygen atoms in total. The molecule has 0 radical (unpaired) electrons. The van der Waals surface area contributed by atoms with Crippen molar-refractivity contribution in [2.75, 3.05) is 10.6 Å². The summed E-state index contributed by atoms with van der Waals surface area (Å²) in [5.41, 5.74) is 10.2. The topological polar surface area (TPSA) is 117 Å². The quantitative estimate of drug-likeness (QED) is 0.289. The largest absolute Gasteiger partial charge is 0.348 e. The van der Waals surface area contributed by atoms with Gasteiger partial charge in [0.1, 0.15) is 11.9 Å². The van der Waals surface area contributed by atoms with E-state index in [1.165, 1.54) is 12.1 Å². The number of para-hydroxylation sites is 1. The van der Waals surface area contributed by atoms with Crippen LogP contribution < -0.4 is 21.4 Å². The number of pyridine rings is 1. The highest BCUT2D eigenvalue weighted by Crippen LogP contribution is 2.21. The zero-order valence-corrected chi connectivity index (χ0v) is 18.6. The van der Waals surface area contributed by atoms with Gasteiger partial charge in [-0.25, -0.2) is 9.37 Å². The summed E-state index contributed by atoms with van der Waals surface area (Å²) in [4.78, 5) is 19.6. The van der Waals surface area contributed by atoms with Crippen LogP contribution in [0, 0.1) is 17.1 Å². The Hall–Kier alpha value is -5.03. The molecule has 0 bridgehead atoms. The normalized spacial score (nSPS) is 10.9. The second-order valence-corrected chi connectivity index (χ2v) is 7.67. The molecule has 8 heteroatoms. The molecule has 5 N–H and O–H groups in total. The molecule has 0 aliphatic carbocycles. The maximum absolute atomic E-state index is 13.3. The van der Waals surface area contributed by atoms with E-state index in [0.717, 1.165) is 11.1 Å². The number of aromatic amines is 1. The van der Waals surface area contributed by atoms with E-state index in [0.29, 0.717) is 28.3 Å². The molecular weight excluding hydrogens is 443 g/mol. The summed E-state index contributed by atoms with van der Waals surface area (Å²) in [6, 6.07) is 26.2. The number of nitrogens with two attached hydrogens (primary N) is 1. The summed E-state index contributed by atoms with van der Waals surface area (Å²) in [5.74, 6) is 0.100. The summed E-state index contributed by atoms with van der Waals surface area (Å²) in [6.07, 6.45) is 1.89. The molecule has 0 unspecified atom stereocenters. The first kappa shape index (κ1) is 23.1. The van der Waals surface area contributed by atoms with Crippen molar-refractivity contribution >= 4 is 29.1 Å². The zero-order chi connectivity index (χ0) is 24.6. The summed E-state index contributed by atoms with van der Waals surface area (Å²) < 4.78 is 13.3. The molecule has 35 heavy (non-hydrogen) atoms. The lowest BCUT2D eigenvalue weighted by Crippen LogP contribution is -2.23. The van der Waals surface area contributed by atoms with Crippen molar-refractivity contribution in [2.45, 2.75) is 6.42 Å². The maximum Gasteiger partial charge on any atom is 0.325 e. The number of rotatable bonds is 6. The number of nitrogens with zero attached hydrogens (tertiary/aromatic N) is 2. The molecule has 1 amide bonds. The van der Waals surface area contributed by atoms with Crippen LogP contribution in [0.15, 0.2) is 96.1 Å². The Bertz CT molecular complexity index is 1410. The lowest BCUT2D eigenvalue weighted by Gasteiger charge is -2.07. The molecule has 1 heterocycles. The average Bonchev–Trinajstić information content (AvgIpc) is 2.85. The first-order chi connectivity index (χ1) is 17.0. The lowest BCUT2D eigenvalue weighted by molar-refractivity contribution is -0.361. The van der Waals surface area contributed by atoms with Crippen LogP contribution in [0.2, 0.25) is 0 Å². The molecule has 4 rings (SSSR count). The highest BCUT2D eigenvalue weighted by molar-refractivity contribution is 5.95. The Balaban J connectivity index is 1.38. The van der Waals surface area contributed by atoms with Crippen molar-refractivity contribution in [1.82, 2.24) is 0 Å². The van der Waals surface area contributed by atoms with Crippen LogP contribution in [-0.4, -0.2) is 11.9 Å². The van der Waals surface area contributed by atoms with Crippen molar-refractivity contribution < 1.29 is 14.2 Å². The van der Waals surface area contributed by atoms with E-state index < -0.39 is 0 Å². The minimum Gasteiger partial charge on any atom is -0.348 e. The van der Waals surface area contributed by atoms with Crippen LogP contribution in [0.4, 0.5) is 21.6 Å². The van der Waals surface area contributed by atoms with Crippen LogP contribution in [0.3, 0.4) is 0 Å². The van der Waals surface area contributed by atoms with E-state index in [9.17, 15) is 14.4 Å². The second kappa shape index (κ2) is 10.7. The Kier molecular flexibility index (Phi) is 7.09. The summed E-state index contributed by atoms with van der Waals surface area (Å²) in [5, 5.41) is 14.9. The molecule has 0 aliphatic heterocycles. The number of hydrogen-bond acceptors (Lipinski definition) is 3. The molecular formula is C27H22FN6O+. The van der Waals surface area contributed by atoms with Crippen molar-refractivity contribution in [2.24, 2.45) is 10.7 Å². The van der Waals surface area contributed by atoms with Gasteiger partial charge in [0.05, 0.1) is 23.9 Å². The van der Waals surface area contributed by atoms with E-state index in [-0.39, 0.29) is 24.1 Å². The van der Waals surface area contributed by atoms with Gasteiger partial charge in [0.25, 0.3) is 0 Å². The minimum absolute atomic E-state index is 0.0938. The SMILES string of the molecule is N#Cc1ccccc1NC(N)=Nc1ccc(-c2ccc(NC(=O)Cc3cccc(F)c3)cc2)c[nH+]1. The molecule has 0 atom stereocenters. The molecule has 0 fully saturated rings. The van der Waals surface area contributed by atoms with Gasteiger partial charge in [0, 0.05) is 17.3 Å². The second-order valence-electron chi connectivity index (χ2n) is 7.67. The smallest absolute Gasteiger partial charge is 0.325 e. The summed E-state index contributed by atoms with van der Waals surface area (Å²) in [7, 11) is 0. The lowest BCUT2D eigenvalue weighted by atomic mass is 10.1. The summed E-state index contributed by atoms with van der Waals surface area (Å²) >= 11 is 0. The zero-order valence-electron chi connectivity index (χ0n) is 18.6. The van der Waals surface area contributed by atoms with Gasteiger partial charge in [-0.2, -0.15) is 5.26 Å². The number of carbonyl (C=O) groups is 1. The van der Waals surface area contributed by atoms with Gasteiger partial charge in [-0.05, 0) is 58.6 Å². The van der Waals surface area contributed by atoms with Gasteiger partial charge in [-0.15, -0.1) is 0 Å². The van der Waals surface area contributed by atoms with Crippen LogP contribution >= 0.6 is 0 Å². The van der Waals surface area contributed by atoms with Crippen LogP contribution in [-0.2, 0) is 11.2 Å². The van der Waals surface area contributed by atoms with Crippen molar-refractivity contribution in [3.8, 4) is 17.2 Å². The van der Waals surface area contributed by atoms with Gasteiger partial charge >= 0.3 is 11.8 Å². The fourth-order valence-electron chi connectivity index (χ4n) is 3.43. The molecule has 1 aromatic heterocycles. The Morgan fingerprint density at radius 1 is 0.971 bits per heavy atom. The third-order valence-electron chi connectivity index (χ3n) is 5.10. The highest BCUT2D eigenvalue weighted by Gasteiger charge is 2.09.